The van der Waals surface area contributed by atoms with Crippen molar-refractivity contribution in [1.82, 2.24) is 0 Å². The molecular formula is C27H40O5. The summed E-state index contributed by atoms with van der Waals surface area (Å²) in [6.07, 6.45) is 9.23. The van der Waals surface area contributed by atoms with E-state index < -0.39 is 11.0 Å². The first-order valence-electron chi connectivity index (χ1n) is 12.9. The summed E-state index contributed by atoms with van der Waals surface area (Å²) in [7, 11) is 0. The second-order valence-corrected chi connectivity index (χ2v) is 12.4. The highest BCUT2D eigenvalue weighted by atomic mass is 16.5. The number of carbonyl (C=O) groups excluding carboxylic acids is 3. The highest BCUT2D eigenvalue weighted by Gasteiger charge is 2.72. The fourth-order valence-electron chi connectivity index (χ4n) is 10.1. The topological polar surface area (TPSA) is 80.7 Å². The van der Waals surface area contributed by atoms with Crippen LogP contribution in [0.5, 0.6) is 0 Å². The quantitative estimate of drug-likeness (QED) is 0.628. The SMILES string of the molecule is CC(=O)O[C@H]1CC[C@]2(C)[C@@H]3CC[C@@]4(C)[C@@H](C[C@H]5CCCC[C@@]54C(C)=O)[C@H]3CC(=O)[C@@]2(O)C1. The molecule has 0 unspecified atom stereocenters. The van der Waals surface area contributed by atoms with E-state index in [0.29, 0.717) is 36.9 Å². The molecule has 5 rings (SSSR count). The van der Waals surface area contributed by atoms with E-state index in [1.54, 1.807) is 0 Å². The van der Waals surface area contributed by atoms with Crippen molar-refractivity contribution in [2.45, 2.75) is 110 Å². The Labute approximate surface area is 192 Å². The molecule has 5 fully saturated rings. The highest BCUT2D eigenvalue weighted by Crippen LogP contribution is 2.74. The molecule has 5 aliphatic rings. The molecule has 0 aliphatic heterocycles. The molecule has 0 saturated heterocycles. The van der Waals surface area contributed by atoms with E-state index in [-0.39, 0.29) is 46.9 Å². The Morgan fingerprint density at radius 1 is 0.969 bits per heavy atom. The van der Waals surface area contributed by atoms with Crippen molar-refractivity contribution in [2.24, 2.45) is 39.9 Å². The van der Waals surface area contributed by atoms with Gasteiger partial charge in [0.15, 0.2) is 5.78 Å². The van der Waals surface area contributed by atoms with Crippen LogP contribution in [0.15, 0.2) is 0 Å². The first-order chi connectivity index (χ1) is 15.0. The fraction of sp³-hybridized carbons (Fsp3) is 0.889. The van der Waals surface area contributed by atoms with Crippen LogP contribution in [0, 0.1) is 39.9 Å². The molecule has 32 heavy (non-hydrogen) atoms. The predicted octanol–water partition coefficient (Wildman–Crippen LogP) is 4.63. The Hall–Kier alpha value is -1.23. The molecule has 5 saturated carbocycles. The van der Waals surface area contributed by atoms with Gasteiger partial charge in [-0.05, 0) is 81.0 Å². The molecule has 5 aliphatic carbocycles. The third-order valence-electron chi connectivity index (χ3n) is 11.6. The van der Waals surface area contributed by atoms with Gasteiger partial charge >= 0.3 is 5.97 Å². The summed E-state index contributed by atoms with van der Waals surface area (Å²) in [6, 6.07) is 0. The van der Waals surface area contributed by atoms with Gasteiger partial charge in [-0.15, -0.1) is 0 Å². The van der Waals surface area contributed by atoms with Gasteiger partial charge in [0.25, 0.3) is 0 Å². The van der Waals surface area contributed by atoms with Crippen molar-refractivity contribution in [3.63, 3.8) is 0 Å². The van der Waals surface area contributed by atoms with Gasteiger partial charge in [0.1, 0.15) is 17.5 Å². The lowest BCUT2D eigenvalue weighted by atomic mass is 9.41. The van der Waals surface area contributed by atoms with Crippen LogP contribution in [0.4, 0.5) is 0 Å². The monoisotopic (exact) mass is 444 g/mol. The number of hydrogen-bond donors (Lipinski definition) is 1. The summed E-state index contributed by atoms with van der Waals surface area (Å²) in [6.45, 7) is 7.70. The maximum Gasteiger partial charge on any atom is 0.302 e. The summed E-state index contributed by atoms with van der Waals surface area (Å²) in [5.74, 6) is 1.33. The zero-order chi connectivity index (χ0) is 23.1. The number of rotatable bonds is 2. The standard InChI is InChI=1S/C27H40O5/c1-16(28)26-10-6-5-7-18(26)13-22-20-14-23(30)27(31)15-19(32-17(2)29)8-11-25(27,4)21(20)9-12-24(22,26)3/h18-22,31H,5-15H2,1-4H3/t18-,19+,20+,21-,22+,24+,25-,26-,27+/m1/s1. The van der Waals surface area contributed by atoms with Crippen LogP contribution < -0.4 is 0 Å². The van der Waals surface area contributed by atoms with Crippen LogP contribution in [0.3, 0.4) is 0 Å². The van der Waals surface area contributed by atoms with Crippen LogP contribution >= 0.6 is 0 Å². The minimum atomic E-state index is -1.41. The minimum absolute atomic E-state index is 0.0356. The highest BCUT2D eigenvalue weighted by molar-refractivity contribution is 5.90. The molecule has 0 spiro atoms. The van der Waals surface area contributed by atoms with E-state index in [2.05, 4.69) is 13.8 Å². The molecule has 0 bridgehead atoms. The number of hydrogen-bond acceptors (Lipinski definition) is 5. The van der Waals surface area contributed by atoms with Crippen molar-refractivity contribution in [2.75, 3.05) is 0 Å². The summed E-state index contributed by atoms with van der Waals surface area (Å²) in [5, 5.41) is 11.8. The lowest BCUT2D eigenvalue weighted by Gasteiger charge is -2.64. The van der Waals surface area contributed by atoms with Crippen LogP contribution in [0.25, 0.3) is 0 Å². The first-order valence-corrected chi connectivity index (χ1v) is 12.9. The largest absolute Gasteiger partial charge is 0.462 e. The van der Waals surface area contributed by atoms with Gasteiger partial charge in [0, 0.05) is 30.6 Å². The normalized spacial score (nSPS) is 52.3. The zero-order valence-corrected chi connectivity index (χ0v) is 20.2. The van der Waals surface area contributed by atoms with Gasteiger partial charge in [-0.1, -0.05) is 26.7 Å². The maximum absolute atomic E-state index is 13.6. The number of esters is 1. The van der Waals surface area contributed by atoms with Gasteiger partial charge in [0.2, 0.25) is 0 Å². The number of carbonyl (C=O) groups is 3. The van der Waals surface area contributed by atoms with E-state index in [1.165, 1.54) is 13.3 Å². The number of aliphatic hydroxyl groups is 1. The van der Waals surface area contributed by atoms with Crippen molar-refractivity contribution in [1.29, 1.82) is 0 Å². The van der Waals surface area contributed by atoms with E-state index in [4.69, 9.17) is 4.74 Å². The van der Waals surface area contributed by atoms with Crippen molar-refractivity contribution in [3.05, 3.63) is 0 Å². The van der Waals surface area contributed by atoms with Crippen molar-refractivity contribution >= 4 is 17.5 Å². The van der Waals surface area contributed by atoms with Crippen LogP contribution in [0.2, 0.25) is 0 Å². The van der Waals surface area contributed by atoms with E-state index in [9.17, 15) is 19.5 Å². The molecule has 0 amide bonds. The molecule has 178 valence electrons. The molecule has 0 heterocycles. The Balaban J connectivity index is 1.50. The third kappa shape index (κ3) is 2.63. The van der Waals surface area contributed by atoms with E-state index in [0.717, 1.165) is 38.5 Å². The predicted molar refractivity (Wildman–Crippen MR) is 120 cm³/mol. The zero-order valence-electron chi connectivity index (χ0n) is 20.2. The number of ether oxygens (including phenoxy) is 1. The summed E-state index contributed by atoms with van der Waals surface area (Å²) in [5.41, 5.74) is -2.15. The molecule has 0 aromatic rings. The summed E-state index contributed by atoms with van der Waals surface area (Å²) >= 11 is 0. The minimum Gasteiger partial charge on any atom is -0.462 e. The van der Waals surface area contributed by atoms with Gasteiger partial charge < -0.3 is 9.84 Å². The second kappa shape index (κ2) is 7.13. The van der Waals surface area contributed by atoms with Crippen molar-refractivity contribution < 1.29 is 24.2 Å². The van der Waals surface area contributed by atoms with Crippen LogP contribution in [0.1, 0.15) is 98.3 Å². The second-order valence-electron chi connectivity index (χ2n) is 12.4. The van der Waals surface area contributed by atoms with Crippen molar-refractivity contribution in [3.8, 4) is 0 Å². The van der Waals surface area contributed by atoms with Gasteiger partial charge in [-0.2, -0.15) is 0 Å². The van der Waals surface area contributed by atoms with Gasteiger partial charge in [-0.3, -0.25) is 14.4 Å². The first kappa shape index (κ1) is 22.6. The average Bonchev–Trinajstić information content (AvgIpc) is 3.00. The average molecular weight is 445 g/mol. The third-order valence-corrected chi connectivity index (χ3v) is 11.6. The molecule has 1 N–H and O–H groups in total. The Morgan fingerprint density at radius 2 is 1.69 bits per heavy atom. The summed E-state index contributed by atoms with van der Waals surface area (Å²) in [4.78, 5) is 38.3. The number of Topliss-reactive ketones (excluding diaryl/α,β-unsaturated/α-hetero) is 2. The molecule has 0 aromatic heterocycles. The maximum atomic E-state index is 13.6. The molecule has 5 heteroatoms. The van der Waals surface area contributed by atoms with Crippen LogP contribution in [-0.2, 0) is 19.1 Å². The molecular weight excluding hydrogens is 404 g/mol. The number of ketones is 2. The lowest BCUT2D eigenvalue weighted by Crippen LogP contribution is -2.67. The molecule has 9 atom stereocenters. The lowest BCUT2D eigenvalue weighted by molar-refractivity contribution is -0.219. The Morgan fingerprint density at radius 3 is 2.38 bits per heavy atom. The Kier molecular flexibility index (Phi) is 5.03. The number of fused-ring (bicyclic) bond motifs is 7. The summed E-state index contributed by atoms with van der Waals surface area (Å²) < 4.78 is 5.44. The van der Waals surface area contributed by atoms with E-state index >= 15 is 0 Å². The molecule has 5 nitrogen and oxygen atoms in total. The van der Waals surface area contributed by atoms with Gasteiger partial charge in [-0.25, -0.2) is 0 Å². The molecule has 0 radical (unpaired) electrons. The fourth-order valence-corrected chi connectivity index (χ4v) is 10.1. The van der Waals surface area contributed by atoms with E-state index in [1.807, 2.05) is 6.92 Å². The smallest absolute Gasteiger partial charge is 0.302 e. The van der Waals surface area contributed by atoms with Gasteiger partial charge in [0.05, 0.1) is 0 Å². The Bertz CT molecular complexity index is 851. The molecule has 0 aromatic carbocycles. The van der Waals surface area contributed by atoms with Crippen LogP contribution in [-0.4, -0.2) is 34.3 Å².